The highest BCUT2D eigenvalue weighted by Gasteiger charge is 2.16. The Balaban J connectivity index is 4.33. The predicted molar refractivity (Wildman–Crippen MR) is 203 cm³/mol. The van der Waals surface area contributed by atoms with Gasteiger partial charge in [0.25, 0.3) is 0 Å². The van der Waals surface area contributed by atoms with Crippen molar-refractivity contribution >= 4 is 12.1 Å². The zero-order valence-electron chi connectivity index (χ0n) is 32.6. The van der Waals surface area contributed by atoms with Gasteiger partial charge in [-0.3, -0.25) is 4.79 Å². The first kappa shape index (κ1) is 47.6. The number of aliphatic hydroxyl groups is 2. The molecule has 0 saturated carbocycles. The Labute approximate surface area is 302 Å². The van der Waals surface area contributed by atoms with E-state index in [9.17, 15) is 19.8 Å². The van der Waals surface area contributed by atoms with Gasteiger partial charge in [0.1, 0.15) is 6.10 Å². The monoisotopic (exact) mass is 700 g/mol. The number of nitrogens with zero attached hydrogens (tertiary/aromatic N) is 1. The summed E-state index contributed by atoms with van der Waals surface area (Å²) in [6, 6.07) is 0. The van der Waals surface area contributed by atoms with Crippen LogP contribution < -0.4 is 0 Å². The molecule has 2 N–H and O–H groups in total. The van der Waals surface area contributed by atoms with Crippen LogP contribution in [0, 0.1) is 5.92 Å². The second-order valence-corrected chi connectivity index (χ2v) is 14.3. The Morgan fingerprint density at radius 3 is 1.61 bits per heavy atom. The quantitative estimate of drug-likeness (QED) is 0.0485. The third-order valence-corrected chi connectivity index (χ3v) is 9.51. The largest absolute Gasteiger partial charge is 0.508 e. The van der Waals surface area contributed by atoms with Crippen molar-refractivity contribution in [1.82, 2.24) is 4.90 Å². The van der Waals surface area contributed by atoms with Crippen molar-refractivity contribution in [2.45, 2.75) is 200 Å². The maximum atomic E-state index is 12.8. The highest BCUT2D eigenvalue weighted by Crippen LogP contribution is 2.19. The van der Waals surface area contributed by atoms with Crippen molar-refractivity contribution < 1.29 is 34.0 Å². The molecule has 0 aromatic heterocycles. The van der Waals surface area contributed by atoms with Gasteiger partial charge < -0.3 is 29.3 Å². The second-order valence-electron chi connectivity index (χ2n) is 14.3. The molecule has 0 bridgehead atoms. The molecule has 8 nitrogen and oxygen atoms in total. The summed E-state index contributed by atoms with van der Waals surface area (Å²) in [7, 11) is 0. The minimum atomic E-state index is -0.562. The number of carbonyl (C=O) groups excluding carboxylic acids is 2. The van der Waals surface area contributed by atoms with E-state index >= 15 is 0 Å². The SMILES string of the molecule is CCCCCCCCC(CCCCCCCC)OC(=O)CCCCCC(CO)CN(CCCO)CCCCCCOC(=O)OCCCCC. The molecule has 0 aliphatic carbocycles. The van der Waals surface area contributed by atoms with E-state index in [0.717, 1.165) is 122 Å². The van der Waals surface area contributed by atoms with Gasteiger partial charge in [0.05, 0.1) is 13.2 Å². The fourth-order valence-electron chi connectivity index (χ4n) is 6.38. The van der Waals surface area contributed by atoms with Crippen molar-refractivity contribution in [2.24, 2.45) is 5.92 Å². The van der Waals surface area contributed by atoms with Crippen LogP contribution in [0.15, 0.2) is 0 Å². The van der Waals surface area contributed by atoms with Gasteiger partial charge in [-0.2, -0.15) is 0 Å². The highest BCUT2D eigenvalue weighted by molar-refractivity contribution is 5.69. The molecule has 1 atom stereocenters. The van der Waals surface area contributed by atoms with Crippen LogP contribution in [0.1, 0.15) is 194 Å². The molecule has 0 rings (SSSR count). The standard InChI is InChI=1S/C41H81NO7/c1-4-7-10-12-14-20-28-39(29-21-15-13-11-8-5-2)49-40(45)30-22-18-19-27-38(37-44)36-42(32-26-33-43)31-23-16-17-25-35-48-41(46)47-34-24-9-6-3/h38-39,43-44H,4-37H2,1-3H3. The molecule has 0 saturated heterocycles. The number of carbonyl (C=O) groups is 2. The van der Waals surface area contributed by atoms with E-state index in [1.165, 1.54) is 64.2 Å². The lowest BCUT2D eigenvalue weighted by Gasteiger charge is -2.26. The molecule has 1 unspecified atom stereocenters. The van der Waals surface area contributed by atoms with Crippen LogP contribution >= 0.6 is 0 Å². The van der Waals surface area contributed by atoms with Crippen molar-refractivity contribution in [3.63, 3.8) is 0 Å². The molecule has 0 aliphatic heterocycles. The van der Waals surface area contributed by atoms with Gasteiger partial charge in [-0.1, -0.05) is 124 Å². The summed E-state index contributed by atoms with van der Waals surface area (Å²) in [6.07, 6.45) is 28.5. The van der Waals surface area contributed by atoms with Crippen molar-refractivity contribution in [1.29, 1.82) is 0 Å². The topological polar surface area (TPSA) is 106 Å². The van der Waals surface area contributed by atoms with Gasteiger partial charge in [-0.05, 0) is 76.7 Å². The van der Waals surface area contributed by atoms with Crippen molar-refractivity contribution in [2.75, 3.05) is 46.1 Å². The molecule has 8 heteroatoms. The highest BCUT2D eigenvalue weighted by atomic mass is 16.7. The average Bonchev–Trinajstić information content (AvgIpc) is 3.10. The maximum absolute atomic E-state index is 12.8. The minimum Gasteiger partial charge on any atom is -0.462 e. The second kappa shape index (κ2) is 37.9. The number of ether oxygens (including phenoxy) is 3. The van der Waals surface area contributed by atoms with Gasteiger partial charge >= 0.3 is 12.1 Å². The Morgan fingerprint density at radius 1 is 0.551 bits per heavy atom. The maximum Gasteiger partial charge on any atom is 0.508 e. The van der Waals surface area contributed by atoms with E-state index in [1.54, 1.807) is 0 Å². The zero-order chi connectivity index (χ0) is 36.0. The number of hydrogen-bond donors (Lipinski definition) is 2. The van der Waals surface area contributed by atoms with Gasteiger partial charge in [0.2, 0.25) is 0 Å². The molecule has 0 aliphatic rings. The number of unbranched alkanes of at least 4 members (excludes halogenated alkanes) is 17. The fraction of sp³-hybridized carbons (Fsp3) is 0.951. The van der Waals surface area contributed by atoms with E-state index in [0.29, 0.717) is 19.6 Å². The lowest BCUT2D eigenvalue weighted by molar-refractivity contribution is -0.150. The lowest BCUT2D eigenvalue weighted by Crippen LogP contribution is -2.33. The van der Waals surface area contributed by atoms with Crippen LogP contribution in [0.2, 0.25) is 0 Å². The number of aliphatic hydroxyl groups excluding tert-OH is 2. The molecule has 0 fully saturated rings. The lowest BCUT2D eigenvalue weighted by atomic mass is 10.00. The molecule has 0 aromatic carbocycles. The van der Waals surface area contributed by atoms with Crippen LogP contribution in [0.3, 0.4) is 0 Å². The Kier molecular flexibility index (Phi) is 36.8. The summed E-state index contributed by atoms with van der Waals surface area (Å²) in [6.45, 7) is 10.3. The summed E-state index contributed by atoms with van der Waals surface area (Å²) in [5.74, 6) is 0.158. The summed E-state index contributed by atoms with van der Waals surface area (Å²) < 4.78 is 16.2. The Hall–Kier alpha value is -1.38. The average molecular weight is 700 g/mol. The Bertz CT molecular complexity index is 691. The molecule has 0 aromatic rings. The molecular weight excluding hydrogens is 618 g/mol. The van der Waals surface area contributed by atoms with Gasteiger partial charge in [-0.25, -0.2) is 4.79 Å². The molecule has 0 amide bonds. The summed E-state index contributed by atoms with van der Waals surface area (Å²) >= 11 is 0. The zero-order valence-corrected chi connectivity index (χ0v) is 32.6. The smallest absolute Gasteiger partial charge is 0.462 e. The molecule has 0 radical (unpaired) electrons. The van der Waals surface area contributed by atoms with Crippen molar-refractivity contribution in [3.8, 4) is 0 Å². The molecule has 0 heterocycles. The molecule has 49 heavy (non-hydrogen) atoms. The van der Waals surface area contributed by atoms with Crippen LogP contribution in [0.4, 0.5) is 4.79 Å². The summed E-state index contributed by atoms with van der Waals surface area (Å²) in [5, 5.41) is 19.5. The first-order chi connectivity index (χ1) is 24.0. The molecule has 292 valence electrons. The first-order valence-electron chi connectivity index (χ1n) is 20.9. The first-order valence-corrected chi connectivity index (χ1v) is 20.9. The van der Waals surface area contributed by atoms with Crippen LogP contribution in [0.5, 0.6) is 0 Å². The van der Waals surface area contributed by atoms with E-state index in [4.69, 9.17) is 14.2 Å². The number of esters is 1. The van der Waals surface area contributed by atoms with Crippen LogP contribution in [0.25, 0.3) is 0 Å². The summed E-state index contributed by atoms with van der Waals surface area (Å²) in [4.78, 5) is 26.7. The minimum absolute atomic E-state index is 0.0373. The van der Waals surface area contributed by atoms with E-state index < -0.39 is 6.16 Å². The summed E-state index contributed by atoms with van der Waals surface area (Å²) in [5.41, 5.74) is 0. The van der Waals surface area contributed by atoms with E-state index in [1.807, 2.05) is 0 Å². The van der Waals surface area contributed by atoms with Crippen molar-refractivity contribution in [3.05, 3.63) is 0 Å². The molecule has 0 spiro atoms. The van der Waals surface area contributed by atoms with Crippen LogP contribution in [-0.2, 0) is 19.0 Å². The number of rotatable bonds is 38. The third kappa shape index (κ3) is 33.5. The van der Waals surface area contributed by atoms with E-state index in [-0.39, 0.29) is 31.2 Å². The van der Waals surface area contributed by atoms with Gasteiger partial charge in [-0.15, -0.1) is 0 Å². The van der Waals surface area contributed by atoms with Gasteiger partial charge in [0, 0.05) is 32.7 Å². The van der Waals surface area contributed by atoms with Gasteiger partial charge in [0.15, 0.2) is 0 Å². The van der Waals surface area contributed by atoms with E-state index in [2.05, 4.69) is 25.7 Å². The van der Waals surface area contributed by atoms with Crippen LogP contribution in [-0.4, -0.2) is 79.4 Å². The fourth-order valence-corrected chi connectivity index (χ4v) is 6.38. The normalized spacial score (nSPS) is 12.1. The molecular formula is C41H81NO7. The predicted octanol–water partition coefficient (Wildman–Crippen LogP) is 10.5. The number of hydrogen-bond acceptors (Lipinski definition) is 8. The Morgan fingerprint density at radius 2 is 1.02 bits per heavy atom. The third-order valence-electron chi connectivity index (χ3n) is 9.51.